The van der Waals surface area contributed by atoms with Gasteiger partial charge in [0.1, 0.15) is 11.3 Å². The number of hydrogen-bond donors (Lipinski definition) is 3. The number of carbonyl (C=O) groups is 1. The molecule has 25 heavy (non-hydrogen) atoms. The highest BCUT2D eigenvalue weighted by atomic mass is 16.5. The zero-order chi connectivity index (χ0) is 18.1. The molecule has 7 heteroatoms. The summed E-state index contributed by atoms with van der Waals surface area (Å²) in [5, 5.41) is 29.4. The quantitative estimate of drug-likeness (QED) is 0.729. The summed E-state index contributed by atoms with van der Waals surface area (Å²) in [5.74, 6) is -1.04. The van der Waals surface area contributed by atoms with Crippen LogP contribution in [-0.4, -0.2) is 41.9 Å². The van der Waals surface area contributed by atoms with E-state index in [4.69, 9.17) is 14.2 Å². The van der Waals surface area contributed by atoms with E-state index in [-0.39, 0.29) is 52.5 Å². The topological polar surface area (TPSA) is 105 Å². The number of methoxy groups -OCH3 is 2. The van der Waals surface area contributed by atoms with Crippen LogP contribution in [0.1, 0.15) is 15.9 Å². The average molecular weight is 346 g/mol. The Morgan fingerprint density at radius 3 is 2.52 bits per heavy atom. The van der Waals surface area contributed by atoms with Gasteiger partial charge in [0.2, 0.25) is 5.75 Å². The van der Waals surface area contributed by atoms with Crippen molar-refractivity contribution in [3.63, 3.8) is 0 Å². The van der Waals surface area contributed by atoms with E-state index in [1.165, 1.54) is 32.4 Å². The van der Waals surface area contributed by atoms with Gasteiger partial charge in [-0.2, -0.15) is 0 Å². The lowest BCUT2D eigenvalue weighted by molar-refractivity contribution is 0.0824. The molecule has 3 N–H and O–H groups in total. The van der Waals surface area contributed by atoms with Gasteiger partial charge in [0.25, 0.3) is 0 Å². The summed E-state index contributed by atoms with van der Waals surface area (Å²) >= 11 is 0. The van der Waals surface area contributed by atoms with E-state index in [1.54, 1.807) is 6.07 Å². The molecule has 132 valence electrons. The number of ether oxygens (including phenoxy) is 3. The highest BCUT2D eigenvalue weighted by Crippen LogP contribution is 2.47. The van der Waals surface area contributed by atoms with Crippen LogP contribution in [0.15, 0.2) is 24.3 Å². The molecule has 1 aliphatic heterocycles. The molecule has 0 radical (unpaired) electrons. The van der Waals surface area contributed by atoms with E-state index in [1.807, 2.05) is 0 Å². The molecule has 0 spiro atoms. The molecule has 2 aromatic carbocycles. The number of aromatic hydroxyl groups is 3. The predicted octanol–water partition coefficient (Wildman–Crippen LogP) is 2.25. The molecule has 0 saturated carbocycles. The van der Waals surface area contributed by atoms with Crippen molar-refractivity contribution >= 4 is 5.78 Å². The van der Waals surface area contributed by atoms with Crippen LogP contribution in [0.5, 0.6) is 34.5 Å². The van der Waals surface area contributed by atoms with E-state index in [9.17, 15) is 20.1 Å². The molecule has 0 saturated heterocycles. The van der Waals surface area contributed by atoms with E-state index >= 15 is 0 Å². The smallest absolute Gasteiger partial charge is 0.204 e. The Labute approximate surface area is 144 Å². The largest absolute Gasteiger partial charge is 0.504 e. The van der Waals surface area contributed by atoms with Gasteiger partial charge in [-0.3, -0.25) is 4.79 Å². The molecule has 1 aliphatic rings. The zero-order valence-corrected chi connectivity index (χ0v) is 13.8. The zero-order valence-electron chi connectivity index (χ0n) is 13.8. The molecule has 0 aliphatic carbocycles. The summed E-state index contributed by atoms with van der Waals surface area (Å²) < 4.78 is 15.9. The van der Waals surface area contributed by atoms with Crippen molar-refractivity contribution in [2.75, 3.05) is 20.8 Å². The third-order valence-electron chi connectivity index (χ3n) is 4.19. The minimum atomic E-state index is -0.541. The van der Waals surface area contributed by atoms with E-state index in [0.717, 1.165) is 0 Å². The van der Waals surface area contributed by atoms with E-state index in [2.05, 4.69) is 0 Å². The van der Waals surface area contributed by atoms with Gasteiger partial charge in [0, 0.05) is 6.07 Å². The number of phenols is 3. The Morgan fingerprint density at radius 1 is 1.12 bits per heavy atom. The van der Waals surface area contributed by atoms with Crippen LogP contribution in [-0.2, 0) is 6.42 Å². The Bertz CT molecular complexity index is 829. The number of benzene rings is 2. The van der Waals surface area contributed by atoms with Gasteiger partial charge in [-0.05, 0) is 24.1 Å². The highest BCUT2D eigenvalue weighted by molar-refractivity contribution is 6.05. The fraction of sp³-hybridized carbons (Fsp3) is 0.278. The second-order valence-corrected chi connectivity index (χ2v) is 5.73. The summed E-state index contributed by atoms with van der Waals surface area (Å²) in [7, 11) is 2.79. The van der Waals surface area contributed by atoms with Crippen molar-refractivity contribution < 1.29 is 34.3 Å². The fourth-order valence-corrected chi connectivity index (χ4v) is 2.91. The first kappa shape index (κ1) is 16.8. The van der Waals surface area contributed by atoms with Gasteiger partial charge in [0.05, 0.1) is 26.7 Å². The number of fused-ring (bicyclic) bond motifs is 1. The first-order valence-electron chi connectivity index (χ1n) is 7.62. The van der Waals surface area contributed by atoms with Gasteiger partial charge in [-0.15, -0.1) is 0 Å². The van der Waals surface area contributed by atoms with Crippen molar-refractivity contribution in [3.8, 4) is 34.5 Å². The minimum absolute atomic E-state index is 0.0527. The van der Waals surface area contributed by atoms with Crippen molar-refractivity contribution in [2.24, 2.45) is 5.92 Å². The van der Waals surface area contributed by atoms with Crippen LogP contribution >= 0.6 is 0 Å². The Kier molecular flexibility index (Phi) is 4.31. The Morgan fingerprint density at radius 2 is 1.88 bits per heavy atom. The van der Waals surface area contributed by atoms with Crippen molar-refractivity contribution in [3.05, 3.63) is 35.4 Å². The number of carbonyl (C=O) groups excluding carboxylic acids is 1. The van der Waals surface area contributed by atoms with Crippen LogP contribution in [0, 0.1) is 5.92 Å². The second-order valence-electron chi connectivity index (χ2n) is 5.73. The van der Waals surface area contributed by atoms with Gasteiger partial charge in [0.15, 0.2) is 28.8 Å². The van der Waals surface area contributed by atoms with Crippen LogP contribution < -0.4 is 14.2 Å². The lowest BCUT2D eigenvalue weighted by Crippen LogP contribution is -2.29. The first-order valence-corrected chi connectivity index (χ1v) is 7.62. The maximum Gasteiger partial charge on any atom is 0.204 e. The third kappa shape index (κ3) is 2.88. The second kappa shape index (κ2) is 6.43. The van der Waals surface area contributed by atoms with Crippen molar-refractivity contribution in [2.45, 2.75) is 6.42 Å². The lowest BCUT2D eigenvalue weighted by Gasteiger charge is -2.26. The molecule has 1 heterocycles. The molecule has 0 unspecified atom stereocenters. The summed E-state index contributed by atoms with van der Waals surface area (Å²) in [6.45, 7) is 0.127. The monoisotopic (exact) mass is 346 g/mol. The highest BCUT2D eigenvalue weighted by Gasteiger charge is 2.34. The lowest BCUT2D eigenvalue weighted by atomic mass is 9.88. The van der Waals surface area contributed by atoms with Gasteiger partial charge in [-0.25, -0.2) is 0 Å². The molecule has 1 atom stereocenters. The van der Waals surface area contributed by atoms with Crippen LogP contribution in [0.3, 0.4) is 0 Å². The molecule has 0 aromatic heterocycles. The van der Waals surface area contributed by atoms with Crippen molar-refractivity contribution in [1.82, 2.24) is 0 Å². The first-order chi connectivity index (χ1) is 12.0. The summed E-state index contributed by atoms with van der Waals surface area (Å²) in [6.07, 6.45) is 0.292. The third-order valence-corrected chi connectivity index (χ3v) is 4.19. The Hall–Kier alpha value is -3.09. The summed E-state index contributed by atoms with van der Waals surface area (Å²) in [5.41, 5.74) is 0.720. The minimum Gasteiger partial charge on any atom is -0.504 e. The fourth-order valence-electron chi connectivity index (χ4n) is 2.91. The summed E-state index contributed by atoms with van der Waals surface area (Å²) in [4.78, 5) is 12.8. The molecule has 2 aromatic rings. The summed E-state index contributed by atoms with van der Waals surface area (Å²) in [6, 6.07) is 5.88. The molecular formula is C18H18O7. The van der Waals surface area contributed by atoms with Crippen molar-refractivity contribution in [1.29, 1.82) is 0 Å². The normalized spacial score (nSPS) is 16.1. The number of ketones is 1. The number of rotatable bonds is 4. The van der Waals surface area contributed by atoms with Crippen LogP contribution in [0.4, 0.5) is 0 Å². The molecule has 0 fully saturated rings. The Balaban J connectivity index is 1.94. The van der Waals surface area contributed by atoms with Gasteiger partial charge >= 0.3 is 0 Å². The molecule has 0 bridgehead atoms. The maximum atomic E-state index is 12.8. The predicted molar refractivity (Wildman–Crippen MR) is 88.0 cm³/mol. The molecular weight excluding hydrogens is 328 g/mol. The van der Waals surface area contributed by atoms with E-state index < -0.39 is 5.92 Å². The van der Waals surface area contributed by atoms with Gasteiger partial charge < -0.3 is 29.5 Å². The number of phenolic OH excluding ortho intramolecular Hbond substituents is 3. The molecule has 3 rings (SSSR count). The molecule has 0 amide bonds. The molecule has 7 nitrogen and oxygen atoms in total. The number of hydrogen-bond acceptors (Lipinski definition) is 7. The average Bonchev–Trinajstić information content (AvgIpc) is 2.60. The van der Waals surface area contributed by atoms with E-state index in [0.29, 0.717) is 12.0 Å². The SMILES string of the molecule is COc1cc2c(c(O)c1OC)C(=O)[C@@H](Cc1ccc(O)c(O)c1)CO2. The van der Waals surface area contributed by atoms with Gasteiger partial charge in [-0.1, -0.05) is 6.07 Å². The van der Waals surface area contributed by atoms with Crippen LogP contribution in [0.2, 0.25) is 0 Å². The standard InChI is InChI=1S/C18H18O7/c1-23-14-7-13-15(17(22)18(14)24-2)16(21)10(8-25-13)5-9-3-4-11(19)12(20)6-9/h3-4,6-7,10,19-20,22H,5,8H2,1-2H3/t10-/m0/s1. The number of Topliss-reactive ketones (excluding diaryl/α,β-unsaturated/α-hetero) is 1. The van der Waals surface area contributed by atoms with Crippen LogP contribution in [0.25, 0.3) is 0 Å². The maximum absolute atomic E-state index is 12.8.